The first kappa shape index (κ1) is 14.5. The maximum Gasteiger partial charge on any atom is 0.305 e. The fraction of sp³-hybridized carbons (Fsp3) is 0.467. The summed E-state index contributed by atoms with van der Waals surface area (Å²) in [5, 5.41) is 0. The number of epoxide rings is 1. The third kappa shape index (κ3) is 4.06. The van der Waals surface area contributed by atoms with E-state index in [4.69, 9.17) is 9.47 Å². The summed E-state index contributed by atoms with van der Waals surface area (Å²) in [7, 11) is 1.31. The normalized spacial score (nSPS) is 16.6. The lowest BCUT2D eigenvalue weighted by atomic mass is 10.0. The predicted molar refractivity (Wildman–Crippen MR) is 72.0 cm³/mol. The molecule has 1 aliphatic heterocycles. The van der Waals surface area contributed by atoms with Crippen LogP contribution in [0, 0.1) is 6.92 Å². The number of Topliss-reactive ketones (excluding diaryl/α,β-unsaturated/α-hetero) is 1. The van der Waals surface area contributed by atoms with Crippen LogP contribution in [-0.4, -0.2) is 38.2 Å². The van der Waals surface area contributed by atoms with E-state index in [2.05, 4.69) is 4.74 Å². The molecule has 0 saturated carbocycles. The van der Waals surface area contributed by atoms with Crippen LogP contribution in [0.1, 0.15) is 28.8 Å². The Kier molecular flexibility index (Phi) is 4.74. The van der Waals surface area contributed by atoms with Gasteiger partial charge in [-0.05, 0) is 24.6 Å². The monoisotopic (exact) mass is 278 g/mol. The van der Waals surface area contributed by atoms with Crippen LogP contribution in [0.25, 0.3) is 0 Å². The van der Waals surface area contributed by atoms with Crippen LogP contribution in [0.15, 0.2) is 18.2 Å². The minimum absolute atomic E-state index is 0.0778. The van der Waals surface area contributed by atoms with Gasteiger partial charge in [-0.1, -0.05) is 6.07 Å². The second-order valence-corrected chi connectivity index (χ2v) is 4.77. The van der Waals surface area contributed by atoms with Crippen molar-refractivity contribution in [2.75, 3.05) is 20.3 Å². The van der Waals surface area contributed by atoms with E-state index in [1.807, 2.05) is 19.1 Å². The lowest BCUT2D eigenvalue weighted by Gasteiger charge is -2.11. The molecule has 0 N–H and O–H groups in total. The SMILES string of the molecule is COC(=O)CCC(=O)c1ccc(C)cc1OCC1CO1. The van der Waals surface area contributed by atoms with Crippen LogP contribution in [0.2, 0.25) is 0 Å². The number of hydrogen-bond acceptors (Lipinski definition) is 5. The third-order valence-electron chi connectivity index (χ3n) is 3.05. The summed E-state index contributed by atoms with van der Waals surface area (Å²) in [5.41, 5.74) is 1.52. The molecule has 0 aliphatic carbocycles. The van der Waals surface area contributed by atoms with Gasteiger partial charge in [0.25, 0.3) is 0 Å². The average molecular weight is 278 g/mol. The number of aryl methyl sites for hydroxylation is 1. The standard InChI is InChI=1S/C15H18O5/c1-10-3-4-12(13(16)5-6-15(17)18-2)14(7-10)20-9-11-8-19-11/h3-4,7,11H,5-6,8-9H2,1-2H3. The number of ketones is 1. The molecule has 1 atom stereocenters. The van der Waals surface area contributed by atoms with Crippen molar-refractivity contribution in [1.29, 1.82) is 0 Å². The zero-order valence-corrected chi connectivity index (χ0v) is 11.7. The highest BCUT2D eigenvalue weighted by Crippen LogP contribution is 2.24. The minimum atomic E-state index is -0.390. The number of benzene rings is 1. The number of carbonyl (C=O) groups excluding carboxylic acids is 2. The molecule has 0 aromatic heterocycles. The Hall–Kier alpha value is -1.88. The number of ether oxygens (including phenoxy) is 3. The Labute approximate surface area is 117 Å². The average Bonchev–Trinajstić information content (AvgIpc) is 3.26. The molecule has 0 radical (unpaired) electrons. The van der Waals surface area contributed by atoms with Crippen molar-refractivity contribution in [2.45, 2.75) is 25.9 Å². The fourth-order valence-corrected chi connectivity index (χ4v) is 1.78. The molecule has 1 saturated heterocycles. The quantitative estimate of drug-likeness (QED) is 0.433. The van der Waals surface area contributed by atoms with Gasteiger partial charge in [0, 0.05) is 6.42 Å². The molecule has 1 fully saturated rings. The Bertz CT molecular complexity index is 505. The summed E-state index contributed by atoms with van der Waals surface area (Å²) >= 11 is 0. The smallest absolute Gasteiger partial charge is 0.305 e. The van der Waals surface area contributed by atoms with Crippen molar-refractivity contribution in [3.05, 3.63) is 29.3 Å². The molecule has 1 aliphatic rings. The van der Waals surface area contributed by atoms with E-state index in [9.17, 15) is 9.59 Å². The predicted octanol–water partition coefficient (Wildman–Crippen LogP) is 1.91. The number of esters is 1. The molecule has 1 aromatic carbocycles. The van der Waals surface area contributed by atoms with Gasteiger partial charge in [0.1, 0.15) is 18.5 Å². The molecule has 108 valence electrons. The zero-order valence-electron chi connectivity index (χ0n) is 11.7. The summed E-state index contributed by atoms with van der Waals surface area (Å²) in [5.74, 6) is 0.0387. The van der Waals surface area contributed by atoms with Crippen LogP contribution in [0.5, 0.6) is 5.75 Å². The van der Waals surface area contributed by atoms with E-state index in [0.29, 0.717) is 24.5 Å². The molecule has 1 unspecified atom stereocenters. The fourth-order valence-electron chi connectivity index (χ4n) is 1.78. The topological polar surface area (TPSA) is 65.1 Å². The molecule has 0 amide bonds. The molecule has 5 nitrogen and oxygen atoms in total. The molecule has 1 heterocycles. The lowest BCUT2D eigenvalue weighted by Crippen LogP contribution is -2.10. The Morgan fingerprint density at radius 2 is 2.10 bits per heavy atom. The van der Waals surface area contributed by atoms with Crippen molar-refractivity contribution < 1.29 is 23.8 Å². The molecule has 2 rings (SSSR count). The highest BCUT2D eigenvalue weighted by molar-refractivity contribution is 6.00. The van der Waals surface area contributed by atoms with Gasteiger partial charge in [-0.2, -0.15) is 0 Å². The van der Waals surface area contributed by atoms with Crippen molar-refractivity contribution in [2.24, 2.45) is 0 Å². The van der Waals surface area contributed by atoms with E-state index in [1.165, 1.54) is 7.11 Å². The van der Waals surface area contributed by atoms with Crippen molar-refractivity contribution in [1.82, 2.24) is 0 Å². The van der Waals surface area contributed by atoms with Gasteiger partial charge in [0.15, 0.2) is 5.78 Å². The number of hydrogen-bond donors (Lipinski definition) is 0. The van der Waals surface area contributed by atoms with Crippen LogP contribution >= 0.6 is 0 Å². The first-order valence-electron chi connectivity index (χ1n) is 6.55. The van der Waals surface area contributed by atoms with E-state index < -0.39 is 0 Å². The van der Waals surface area contributed by atoms with Crippen molar-refractivity contribution in [3.8, 4) is 5.75 Å². The first-order valence-corrected chi connectivity index (χ1v) is 6.55. The van der Waals surface area contributed by atoms with Crippen molar-refractivity contribution >= 4 is 11.8 Å². The van der Waals surface area contributed by atoms with Crippen LogP contribution in [-0.2, 0) is 14.3 Å². The summed E-state index contributed by atoms with van der Waals surface area (Å²) in [4.78, 5) is 23.2. The summed E-state index contributed by atoms with van der Waals surface area (Å²) in [6, 6.07) is 5.41. The van der Waals surface area contributed by atoms with Gasteiger partial charge in [-0.15, -0.1) is 0 Å². The van der Waals surface area contributed by atoms with Crippen LogP contribution in [0.3, 0.4) is 0 Å². The Morgan fingerprint density at radius 3 is 2.75 bits per heavy atom. The second kappa shape index (κ2) is 6.52. The number of carbonyl (C=O) groups is 2. The third-order valence-corrected chi connectivity index (χ3v) is 3.05. The number of methoxy groups -OCH3 is 1. The van der Waals surface area contributed by atoms with Crippen molar-refractivity contribution in [3.63, 3.8) is 0 Å². The molecule has 1 aromatic rings. The summed E-state index contributed by atoms with van der Waals surface area (Å²) < 4.78 is 15.3. The van der Waals surface area contributed by atoms with Crippen LogP contribution < -0.4 is 4.74 Å². The molecule has 0 bridgehead atoms. The molecular formula is C15H18O5. The van der Waals surface area contributed by atoms with E-state index in [0.717, 1.165) is 5.56 Å². The molecule has 0 spiro atoms. The van der Waals surface area contributed by atoms with Gasteiger partial charge in [-0.3, -0.25) is 9.59 Å². The second-order valence-electron chi connectivity index (χ2n) is 4.77. The van der Waals surface area contributed by atoms with Gasteiger partial charge < -0.3 is 14.2 Å². The van der Waals surface area contributed by atoms with Gasteiger partial charge in [0.05, 0.1) is 25.7 Å². The van der Waals surface area contributed by atoms with E-state index >= 15 is 0 Å². The molecule has 20 heavy (non-hydrogen) atoms. The molecule has 5 heteroatoms. The Balaban J connectivity index is 2.03. The summed E-state index contributed by atoms with van der Waals surface area (Å²) in [6.45, 7) is 3.08. The van der Waals surface area contributed by atoms with E-state index in [1.54, 1.807) is 6.07 Å². The van der Waals surface area contributed by atoms with Gasteiger partial charge >= 0.3 is 5.97 Å². The van der Waals surface area contributed by atoms with Crippen LogP contribution in [0.4, 0.5) is 0 Å². The maximum absolute atomic E-state index is 12.1. The highest BCUT2D eigenvalue weighted by atomic mass is 16.6. The van der Waals surface area contributed by atoms with Gasteiger partial charge in [-0.25, -0.2) is 0 Å². The highest BCUT2D eigenvalue weighted by Gasteiger charge is 2.24. The number of rotatable bonds is 7. The lowest BCUT2D eigenvalue weighted by molar-refractivity contribution is -0.140. The minimum Gasteiger partial charge on any atom is -0.490 e. The first-order chi connectivity index (χ1) is 9.60. The van der Waals surface area contributed by atoms with E-state index in [-0.39, 0.29) is 30.7 Å². The molecular weight excluding hydrogens is 260 g/mol. The van der Waals surface area contributed by atoms with Gasteiger partial charge in [0.2, 0.25) is 0 Å². The summed E-state index contributed by atoms with van der Waals surface area (Å²) in [6.07, 6.45) is 0.328. The Morgan fingerprint density at radius 1 is 1.35 bits per heavy atom. The maximum atomic E-state index is 12.1. The largest absolute Gasteiger partial charge is 0.490 e. The zero-order chi connectivity index (χ0) is 14.5.